The summed E-state index contributed by atoms with van der Waals surface area (Å²) in [4.78, 5) is 23.2. The van der Waals surface area contributed by atoms with Gasteiger partial charge >= 0.3 is 5.97 Å². The minimum atomic E-state index is -1.32. The molecule has 0 spiro atoms. The Balaban J connectivity index is 2.59. The first kappa shape index (κ1) is 9.64. The van der Waals surface area contributed by atoms with Gasteiger partial charge < -0.3 is 10.0 Å². The molecule has 0 fully saturated rings. The van der Waals surface area contributed by atoms with Crippen LogP contribution >= 0.6 is 0 Å². The van der Waals surface area contributed by atoms with Crippen molar-refractivity contribution in [3.63, 3.8) is 0 Å². The lowest BCUT2D eigenvalue weighted by atomic mass is 10.1. The highest BCUT2D eigenvalue weighted by Crippen LogP contribution is 2.30. The van der Waals surface area contributed by atoms with Crippen LogP contribution in [0.4, 0.5) is 10.1 Å². The van der Waals surface area contributed by atoms with E-state index in [0.29, 0.717) is 11.3 Å². The summed E-state index contributed by atoms with van der Waals surface area (Å²) in [5, 5.41) is 8.69. The number of hydrogen-bond acceptors (Lipinski definition) is 2. The van der Waals surface area contributed by atoms with Gasteiger partial charge in [0.2, 0.25) is 5.91 Å². The molecule has 15 heavy (non-hydrogen) atoms. The molecular formula is C10H8FNO3. The summed E-state index contributed by atoms with van der Waals surface area (Å²) in [5.41, 5.74) is 0.612. The molecular weight excluding hydrogens is 201 g/mol. The number of likely N-dealkylation sites (N-methyl/N-ethyl adjacent to an activating group) is 1. The Morgan fingerprint density at radius 2 is 2.20 bits per heavy atom. The van der Waals surface area contributed by atoms with Gasteiger partial charge in [-0.25, -0.2) is 9.18 Å². The smallest absolute Gasteiger partial charge is 0.338 e. The summed E-state index contributed by atoms with van der Waals surface area (Å²) in [5.74, 6) is -2.30. The molecule has 78 valence electrons. The first-order valence-electron chi connectivity index (χ1n) is 4.33. The summed E-state index contributed by atoms with van der Waals surface area (Å²) >= 11 is 0. The average Bonchev–Trinajstić information content (AvgIpc) is 2.43. The maximum absolute atomic E-state index is 13.3. The Labute approximate surface area is 84.9 Å². The number of carboxylic acids is 1. The zero-order valence-corrected chi connectivity index (χ0v) is 7.95. The molecule has 1 aliphatic rings. The molecule has 2 rings (SSSR count). The molecule has 0 aromatic heterocycles. The summed E-state index contributed by atoms with van der Waals surface area (Å²) < 4.78 is 13.3. The van der Waals surface area contributed by atoms with Crippen LogP contribution < -0.4 is 4.90 Å². The van der Waals surface area contributed by atoms with Gasteiger partial charge in [-0.3, -0.25) is 4.79 Å². The molecule has 5 heteroatoms. The van der Waals surface area contributed by atoms with Gasteiger partial charge in [0.25, 0.3) is 0 Å². The number of anilines is 1. The molecule has 0 radical (unpaired) electrons. The van der Waals surface area contributed by atoms with Gasteiger partial charge in [-0.2, -0.15) is 0 Å². The number of hydrogen-bond donors (Lipinski definition) is 1. The van der Waals surface area contributed by atoms with Gasteiger partial charge in [-0.05, 0) is 17.7 Å². The van der Waals surface area contributed by atoms with Crippen LogP contribution in [0.2, 0.25) is 0 Å². The maximum Gasteiger partial charge on any atom is 0.338 e. The van der Waals surface area contributed by atoms with E-state index in [0.717, 1.165) is 6.07 Å². The third kappa shape index (κ3) is 1.36. The molecule has 1 amide bonds. The minimum Gasteiger partial charge on any atom is -0.478 e. The third-order valence-electron chi connectivity index (χ3n) is 2.48. The van der Waals surface area contributed by atoms with Crippen molar-refractivity contribution in [3.05, 3.63) is 29.1 Å². The Kier molecular flexibility index (Phi) is 1.96. The van der Waals surface area contributed by atoms with Crippen LogP contribution in [0.3, 0.4) is 0 Å². The Morgan fingerprint density at radius 3 is 2.80 bits per heavy atom. The van der Waals surface area contributed by atoms with Gasteiger partial charge in [0.15, 0.2) is 0 Å². The summed E-state index contributed by atoms with van der Waals surface area (Å²) in [6, 6.07) is 2.30. The molecule has 1 N–H and O–H groups in total. The molecule has 0 saturated heterocycles. The first-order valence-corrected chi connectivity index (χ1v) is 4.33. The van der Waals surface area contributed by atoms with Crippen LogP contribution in [0.1, 0.15) is 15.9 Å². The number of halogens is 1. The van der Waals surface area contributed by atoms with Crippen molar-refractivity contribution in [1.82, 2.24) is 0 Å². The predicted octanol–water partition coefficient (Wildman–Crippen LogP) is 1.04. The van der Waals surface area contributed by atoms with E-state index in [1.54, 1.807) is 0 Å². The van der Waals surface area contributed by atoms with Crippen molar-refractivity contribution < 1.29 is 19.1 Å². The molecule has 0 bridgehead atoms. The maximum atomic E-state index is 13.3. The molecule has 0 atom stereocenters. The number of carboxylic acid groups (broad SMARTS) is 1. The van der Waals surface area contributed by atoms with Gasteiger partial charge in [0.1, 0.15) is 5.82 Å². The second-order valence-corrected chi connectivity index (χ2v) is 3.40. The average molecular weight is 209 g/mol. The number of aromatic carboxylic acids is 1. The highest BCUT2D eigenvalue weighted by molar-refractivity contribution is 6.02. The number of carbonyl (C=O) groups excluding carboxylic acids is 1. The van der Waals surface area contributed by atoms with Crippen LogP contribution in [0, 0.1) is 5.82 Å². The molecule has 0 unspecified atom stereocenters. The topological polar surface area (TPSA) is 57.6 Å². The molecule has 1 aliphatic heterocycles. The van der Waals surface area contributed by atoms with Crippen LogP contribution in [0.15, 0.2) is 12.1 Å². The van der Waals surface area contributed by atoms with Crippen molar-refractivity contribution in [1.29, 1.82) is 0 Å². The zero-order chi connectivity index (χ0) is 11.2. The lowest BCUT2D eigenvalue weighted by Crippen LogP contribution is -2.20. The van der Waals surface area contributed by atoms with E-state index in [2.05, 4.69) is 0 Å². The van der Waals surface area contributed by atoms with Crippen LogP contribution in [0.25, 0.3) is 0 Å². The SMILES string of the molecule is CN1C(=O)Cc2cc(C(=O)O)c(F)cc21. The van der Waals surface area contributed by atoms with Gasteiger partial charge in [-0.15, -0.1) is 0 Å². The van der Waals surface area contributed by atoms with Crippen molar-refractivity contribution in [2.45, 2.75) is 6.42 Å². The number of amides is 1. The standard InChI is InChI=1S/C10H8FNO3/c1-12-8-4-7(11)6(10(14)15)2-5(8)3-9(12)13/h2,4H,3H2,1H3,(H,14,15). The Morgan fingerprint density at radius 1 is 1.53 bits per heavy atom. The summed E-state index contributed by atoms with van der Waals surface area (Å²) in [7, 11) is 1.54. The highest BCUT2D eigenvalue weighted by Gasteiger charge is 2.26. The largest absolute Gasteiger partial charge is 0.478 e. The fourth-order valence-corrected chi connectivity index (χ4v) is 1.64. The molecule has 0 aliphatic carbocycles. The van der Waals surface area contributed by atoms with Crippen molar-refractivity contribution in [2.75, 3.05) is 11.9 Å². The molecule has 1 aromatic carbocycles. The predicted molar refractivity (Wildman–Crippen MR) is 50.5 cm³/mol. The second-order valence-electron chi connectivity index (χ2n) is 3.40. The fraction of sp³-hybridized carbons (Fsp3) is 0.200. The van der Waals surface area contributed by atoms with Crippen molar-refractivity contribution in [2.24, 2.45) is 0 Å². The first-order chi connectivity index (χ1) is 7.00. The third-order valence-corrected chi connectivity index (χ3v) is 2.48. The zero-order valence-electron chi connectivity index (χ0n) is 7.95. The molecule has 1 heterocycles. The van der Waals surface area contributed by atoms with Crippen LogP contribution in [-0.4, -0.2) is 24.0 Å². The quantitative estimate of drug-likeness (QED) is 0.751. The number of nitrogens with zero attached hydrogens (tertiary/aromatic N) is 1. The monoisotopic (exact) mass is 209 g/mol. The van der Waals surface area contributed by atoms with Gasteiger partial charge in [-0.1, -0.05) is 0 Å². The highest BCUT2D eigenvalue weighted by atomic mass is 19.1. The van der Waals surface area contributed by atoms with E-state index >= 15 is 0 Å². The number of benzene rings is 1. The van der Waals surface area contributed by atoms with E-state index in [1.807, 2.05) is 0 Å². The number of carbonyl (C=O) groups is 2. The van der Waals surface area contributed by atoms with Crippen molar-refractivity contribution in [3.8, 4) is 0 Å². The number of rotatable bonds is 1. The van der Waals surface area contributed by atoms with E-state index in [4.69, 9.17) is 5.11 Å². The lowest BCUT2D eigenvalue weighted by molar-refractivity contribution is -0.117. The van der Waals surface area contributed by atoms with Crippen LogP contribution in [-0.2, 0) is 11.2 Å². The van der Waals surface area contributed by atoms with Crippen molar-refractivity contribution >= 4 is 17.6 Å². The van der Waals surface area contributed by atoms with E-state index in [1.165, 1.54) is 18.0 Å². The normalized spacial score (nSPS) is 14.3. The van der Waals surface area contributed by atoms with E-state index < -0.39 is 17.3 Å². The van der Waals surface area contributed by atoms with E-state index in [9.17, 15) is 14.0 Å². The summed E-state index contributed by atoms with van der Waals surface area (Å²) in [6.45, 7) is 0. The molecule has 1 aromatic rings. The lowest BCUT2D eigenvalue weighted by Gasteiger charge is -2.10. The van der Waals surface area contributed by atoms with E-state index in [-0.39, 0.29) is 12.3 Å². The summed E-state index contributed by atoms with van der Waals surface area (Å²) in [6.07, 6.45) is 0.131. The van der Waals surface area contributed by atoms with Gasteiger partial charge in [0.05, 0.1) is 12.0 Å². The Bertz CT molecular complexity index is 470. The minimum absolute atomic E-state index is 0.131. The molecule has 0 saturated carbocycles. The fourth-order valence-electron chi connectivity index (χ4n) is 1.64. The molecule has 4 nitrogen and oxygen atoms in total. The second kappa shape index (κ2) is 3.05. The Hall–Kier alpha value is -1.91. The van der Waals surface area contributed by atoms with Crippen LogP contribution in [0.5, 0.6) is 0 Å². The number of fused-ring (bicyclic) bond motifs is 1. The van der Waals surface area contributed by atoms with Gasteiger partial charge in [0, 0.05) is 12.7 Å².